The molecule has 2 heterocycles. The Labute approximate surface area is 170 Å². The fraction of sp³-hybridized carbons (Fsp3) is 0.250. The lowest BCUT2D eigenvalue weighted by Crippen LogP contribution is -2.29. The van der Waals surface area contributed by atoms with E-state index in [0.717, 1.165) is 43.1 Å². The highest BCUT2D eigenvalue weighted by molar-refractivity contribution is 6.07. The van der Waals surface area contributed by atoms with E-state index in [0.29, 0.717) is 5.56 Å². The van der Waals surface area contributed by atoms with Gasteiger partial charge in [0.25, 0.3) is 5.91 Å². The number of pyridine rings is 1. The number of rotatable bonds is 4. The van der Waals surface area contributed by atoms with E-state index in [4.69, 9.17) is 4.74 Å². The van der Waals surface area contributed by atoms with Crippen LogP contribution in [0.15, 0.2) is 60.8 Å². The molecular formula is C24H23N3O2. The van der Waals surface area contributed by atoms with Crippen LogP contribution in [0.3, 0.4) is 0 Å². The molecule has 0 saturated carbocycles. The Balaban J connectivity index is 1.32. The minimum absolute atomic E-state index is 0.00458. The number of anilines is 2. The zero-order chi connectivity index (χ0) is 19.8. The van der Waals surface area contributed by atoms with Crippen LogP contribution in [0.25, 0.3) is 0 Å². The van der Waals surface area contributed by atoms with Crippen LogP contribution in [0.4, 0.5) is 11.5 Å². The van der Waals surface area contributed by atoms with E-state index in [1.807, 2.05) is 47.4 Å². The molecule has 0 radical (unpaired) electrons. The number of carbonyl (C=O) groups is 1. The summed E-state index contributed by atoms with van der Waals surface area (Å²) < 4.78 is 5.49. The highest BCUT2D eigenvalue weighted by Gasteiger charge is 2.27. The lowest BCUT2D eigenvalue weighted by atomic mass is 10.1. The Morgan fingerprint density at radius 1 is 1.10 bits per heavy atom. The van der Waals surface area contributed by atoms with Gasteiger partial charge < -0.3 is 15.0 Å². The molecule has 1 amide bonds. The normalized spacial score (nSPS) is 17.0. The molecule has 2 aliphatic rings. The molecule has 0 bridgehead atoms. The molecule has 1 N–H and O–H groups in total. The number of methoxy groups -OCH3 is 1. The van der Waals surface area contributed by atoms with Crippen molar-refractivity contribution in [2.24, 2.45) is 0 Å². The number of para-hydroxylation sites is 1. The van der Waals surface area contributed by atoms with Crippen LogP contribution in [0, 0.1) is 0 Å². The van der Waals surface area contributed by atoms with Crippen LogP contribution in [-0.4, -0.2) is 24.5 Å². The predicted molar refractivity (Wildman–Crippen MR) is 114 cm³/mol. The summed E-state index contributed by atoms with van der Waals surface area (Å²) in [4.78, 5) is 19.3. The number of ether oxygens (including phenoxy) is 1. The smallest absolute Gasteiger partial charge is 0.259 e. The van der Waals surface area contributed by atoms with Gasteiger partial charge >= 0.3 is 0 Å². The number of nitrogens with zero attached hydrogens (tertiary/aromatic N) is 2. The third kappa shape index (κ3) is 3.12. The van der Waals surface area contributed by atoms with Crippen molar-refractivity contribution in [1.29, 1.82) is 0 Å². The number of carbonyl (C=O) groups excluding carboxylic acids is 1. The van der Waals surface area contributed by atoms with Crippen molar-refractivity contribution in [3.63, 3.8) is 0 Å². The Hall–Kier alpha value is -3.34. The zero-order valence-electron chi connectivity index (χ0n) is 16.4. The van der Waals surface area contributed by atoms with E-state index >= 15 is 0 Å². The number of benzene rings is 2. The fourth-order valence-electron chi connectivity index (χ4n) is 4.45. The maximum absolute atomic E-state index is 13.0. The lowest BCUT2D eigenvalue weighted by Gasteiger charge is -2.18. The van der Waals surface area contributed by atoms with Gasteiger partial charge in [0.1, 0.15) is 11.6 Å². The molecule has 1 aliphatic carbocycles. The summed E-state index contributed by atoms with van der Waals surface area (Å²) in [6.07, 6.45) is 4.57. The maximum Gasteiger partial charge on any atom is 0.259 e. The van der Waals surface area contributed by atoms with E-state index in [9.17, 15) is 4.79 Å². The van der Waals surface area contributed by atoms with Crippen molar-refractivity contribution in [2.45, 2.75) is 25.3 Å². The Morgan fingerprint density at radius 3 is 2.83 bits per heavy atom. The Kier molecular flexibility index (Phi) is 4.43. The molecule has 1 aromatic heterocycles. The van der Waals surface area contributed by atoms with Gasteiger partial charge in [-0.05, 0) is 60.2 Å². The third-order valence-electron chi connectivity index (χ3n) is 5.91. The molecule has 1 atom stereocenters. The Morgan fingerprint density at radius 2 is 2.00 bits per heavy atom. The van der Waals surface area contributed by atoms with Crippen molar-refractivity contribution in [3.8, 4) is 5.75 Å². The largest absolute Gasteiger partial charge is 0.496 e. The van der Waals surface area contributed by atoms with Crippen molar-refractivity contribution in [1.82, 2.24) is 4.98 Å². The molecule has 3 aromatic rings. The van der Waals surface area contributed by atoms with Gasteiger partial charge in [-0.15, -0.1) is 0 Å². The first-order valence-corrected chi connectivity index (χ1v) is 10.0. The van der Waals surface area contributed by atoms with Gasteiger partial charge in [-0.25, -0.2) is 4.98 Å². The topological polar surface area (TPSA) is 54.5 Å². The first-order valence-electron chi connectivity index (χ1n) is 10.0. The zero-order valence-corrected chi connectivity index (χ0v) is 16.4. The number of nitrogens with one attached hydrogen (secondary N) is 1. The second-order valence-corrected chi connectivity index (χ2v) is 7.53. The van der Waals surface area contributed by atoms with Gasteiger partial charge in [0, 0.05) is 18.4 Å². The molecule has 1 aliphatic heterocycles. The SMILES string of the molecule is COc1cccc2c1CCC2Nc1ccc(C(=O)N2CCc3ccccc32)cn1. The van der Waals surface area contributed by atoms with Crippen LogP contribution in [-0.2, 0) is 12.8 Å². The number of fused-ring (bicyclic) bond motifs is 2. The molecule has 29 heavy (non-hydrogen) atoms. The molecule has 0 saturated heterocycles. The first kappa shape index (κ1) is 17.7. The van der Waals surface area contributed by atoms with Crippen LogP contribution < -0.4 is 15.0 Å². The molecule has 5 heteroatoms. The predicted octanol–water partition coefficient (Wildman–Crippen LogP) is 4.39. The van der Waals surface area contributed by atoms with E-state index in [2.05, 4.69) is 22.4 Å². The minimum Gasteiger partial charge on any atom is -0.496 e. The van der Waals surface area contributed by atoms with Crippen LogP contribution in [0.1, 0.15) is 39.5 Å². The number of hydrogen-bond donors (Lipinski definition) is 1. The molecule has 1 unspecified atom stereocenters. The highest BCUT2D eigenvalue weighted by Crippen LogP contribution is 2.38. The molecule has 0 fully saturated rings. The fourth-order valence-corrected chi connectivity index (χ4v) is 4.45. The minimum atomic E-state index is 0.00458. The van der Waals surface area contributed by atoms with E-state index in [1.165, 1.54) is 16.7 Å². The number of amides is 1. The quantitative estimate of drug-likeness (QED) is 0.724. The van der Waals surface area contributed by atoms with E-state index in [-0.39, 0.29) is 11.9 Å². The second-order valence-electron chi connectivity index (χ2n) is 7.53. The van der Waals surface area contributed by atoms with Gasteiger partial charge in [0.2, 0.25) is 0 Å². The second kappa shape index (κ2) is 7.24. The summed E-state index contributed by atoms with van der Waals surface area (Å²) in [7, 11) is 1.71. The average Bonchev–Trinajstić information content (AvgIpc) is 3.38. The van der Waals surface area contributed by atoms with Crippen LogP contribution in [0.5, 0.6) is 5.75 Å². The lowest BCUT2D eigenvalue weighted by molar-refractivity contribution is 0.0989. The summed E-state index contributed by atoms with van der Waals surface area (Å²) in [5.41, 5.74) is 5.38. The monoisotopic (exact) mass is 385 g/mol. The maximum atomic E-state index is 13.0. The summed E-state index contributed by atoms with van der Waals surface area (Å²) in [6, 6.07) is 18.2. The van der Waals surface area contributed by atoms with Gasteiger partial charge in [-0.1, -0.05) is 30.3 Å². The molecule has 146 valence electrons. The van der Waals surface area contributed by atoms with Gasteiger partial charge in [-0.3, -0.25) is 4.79 Å². The summed E-state index contributed by atoms with van der Waals surface area (Å²) in [5, 5.41) is 3.51. The molecule has 0 spiro atoms. The summed E-state index contributed by atoms with van der Waals surface area (Å²) in [5.74, 6) is 1.74. The van der Waals surface area contributed by atoms with E-state index < -0.39 is 0 Å². The van der Waals surface area contributed by atoms with Crippen LogP contribution >= 0.6 is 0 Å². The number of aromatic nitrogens is 1. The van der Waals surface area contributed by atoms with Gasteiger partial charge in [0.15, 0.2) is 0 Å². The number of hydrogen-bond acceptors (Lipinski definition) is 4. The summed E-state index contributed by atoms with van der Waals surface area (Å²) in [6.45, 7) is 0.721. The first-order chi connectivity index (χ1) is 14.2. The van der Waals surface area contributed by atoms with Crippen molar-refractivity contribution < 1.29 is 9.53 Å². The van der Waals surface area contributed by atoms with Gasteiger partial charge in [-0.2, -0.15) is 0 Å². The molecule has 2 aromatic carbocycles. The van der Waals surface area contributed by atoms with Crippen molar-refractivity contribution >= 4 is 17.4 Å². The van der Waals surface area contributed by atoms with Crippen LogP contribution in [0.2, 0.25) is 0 Å². The van der Waals surface area contributed by atoms with E-state index in [1.54, 1.807) is 13.3 Å². The summed E-state index contributed by atoms with van der Waals surface area (Å²) >= 11 is 0. The van der Waals surface area contributed by atoms with Gasteiger partial charge in [0.05, 0.1) is 18.7 Å². The average molecular weight is 385 g/mol. The molecule has 5 nitrogen and oxygen atoms in total. The highest BCUT2D eigenvalue weighted by atomic mass is 16.5. The standard InChI is InChI=1S/C24H23N3O2/c1-29-22-8-4-6-18-19(22)10-11-20(18)26-23-12-9-17(15-25-23)24(28)27-14-13-16-5-2-3-7-21(16)27/h2-9,12,15,20H,10-11,13-14H2,1H3,(H,25,26). The Bertz CT molecular complexity index is 1060. The molecular weight excluding hydrogens is 362 g/mol. The third-order valence-corrected chi connectivity index (χ3v) is 5.91. The van der Waals surface area contributed by atoms with Crippen molar-refractivity contribution in [2.75, 3.05) is 23.9 Å². The van der Waals surface area contributed by atoms with Crippen molar-refractivity contribution in [3.05, 3.63) is 83.0 Å². The molecule has 5 rings (SSSR count).